The van der Waals surface area contributed by atoms with Gasteiger partial charge in [0, 0.05) is 25.9 Å². The third-order valence-corrected chi connectivity index (χ3v) is 6.64. The molecule has 34 heavy (non-hydrogen) atoms. The Balaban J connectivity index is 1.07. The fraction of sp³-hybridized carbons (Fsp3) is 0.769. The first-order valence-corrected chi connectivity index (χ1v) is 12.9. The second-order valence-corrected chi connectivity index (χ2v) is 9.11. The number of rotatable bonds is 12. The zero-order chi connectivity index (χ0) is 23.8. The van der Waals surface area contributed by atoms with Gasteiger partial charge in [0.15, 0.2) is 0 Å². The molecule has 2 unspecified atom stereocenters. The van der Waals surface area contributed by atoms with E-state index < -0.39 is 0 Å². The predicted molar refractivity (Wildman–Crippen MR) is 128 cm³/mol. The van der Waals surface area contributed by atoms with Crippen molar-refractivity contribution in [2.75, 3.05) is 46.1 Å². The molecule has 0 bridgehead atoms. The molecule has 8 heteroatoms. The molecule has 4 atom stereocenters. The minimum absolute atomic E-state index is 0.00707. The van der Waals surface area contributed by atoms with Crippen LogP contribution in [0, 0.1) is 29.6 Å². The van der Waals surface area contributed by atoms with Crippen molar-refractivity contribution in [1.82, 2.24) is 10.6 Å². The fourth-order valence-corrected chi connectivity index (χ4v) is 4.71. The van der Waals surface area contributed by atoms with E-state index >= 15 is 0 Å². The summed E-state index contributed by atoms with van der Waals surface area (Å²) in [6.07, 6.45) is 12.6. The van der Waals surface area contributed by atoms with Crippen molar-refractivity contribution in [2.24, 2.45) is 17.8 Å². The molecular weight excluding hydrogens is 436 g/mol. The van der Waals surface area contributed by atoms with Crippen LogP contribution in [0.15, 0.2) is 12.2 Å². The molecular formula is C26H40N2O6. The molecule has 3 aliphatic carbocycles. The molecule has 1 saturated carbocycles. The number of allylic oxidation sites excluding steroid dienone is 2. The second-order valence-electron chi connectivity index (χ2n) is 9.11. The van der Waals surface area contributed by atoms with Gasteiger partial charge in [-0.1, -0.05) is 12.2 Å². The predicted octanol–water partition coefficient (Wildman–Crippen LogP) is 3.80. The van der Waals surface area contributed by atoms with Crippen LogP contribution in [-0.4, -0.2) is 64.4 Å². The molecule has 0 heterocycles. The van der Waals surface area contributed by atoms with E-state index in [0.29, 0.717) is 63.9 Å². The summed E-state index contributed by atoms with van der Waals surface area (Å²) in [6, 6.07) is 0. The van der Waals surface area contributed by atoms with Gasteiger partial charge in [-0.3, -0.25) is 0 Å². The monoisotopic (exact) mass is 476 g/mol. The van der Waals surface area contributed by atoms with Gasteiger partial charge >= 0.3 is 12.2 Å². The fourth-order valence-electron chi connectivity index (χ4n) is 4.71. The Kier molecular flexibility index (Phi) is 12.1. The molecule has 190 valence electrons. The van der Waals surface area contributed by atoms with Gasteiger partial charge in [-0.2, -0.15) is 0 Å². The molecule has 0 saturated heterocycles. The first kappa shape index (κ1) is 26.4. The number of fused-ring (bicyclic) bond motifs is 1. The topological polar surface area (TPSA) is 95.1 Å². The zero-order valence-electron chi connectivity index (χ0n) is 20.2. The number of carbonyl (C=O) groups is 2. The number of carbonyl (C=O) groups excluding carboxylic acids is 2. The lowest BCUT2D eigenvalue weighted by atomic mass is 10.0. The molecule has 0 aliphatic heterocycles. The Labute approximate surface area is 203 Å². The SMILES string of the molecule is O=C(NCCOCCOCCNC(=O)OC1CC/C=C/CCC1)OCC1[C@H]2CCC#CCC[C@@H]12. The Morgan fingerprint density at radius 2 is 1.44 bits per heavy atom. The summed E-state index contributed by atoms with van der Waals surface area (Å²) in [5.41, 5.74) is 0. The maximum absolute atomic E-state index is 11.9. The second kappa shape index (κ2) is 15.6. The average molecular weight is 477 g/mol. The van der Waals surface area contributed by atoms with Crippen LogP contribution >= 0.6 is 0 Å². The van der Waals surface area contributed by atoms with Gasteiger partial charge in [0.25, 0.3) is 0 Å². The molecule has 0 aromatic heterocycles. The quantitative estimate of drug-likeness (QED) is 0.253. The highest BCUT2D eigenvalue weighted by Crippen LogP contribution is 2.52. The van der Waals surface area contributed by atoms with Crippen molar-refractivity contribution < 1.29 is 28.5 Å². The third kappa shape index (κ3) is 10.4. The minimum atomic E-state index is -0.385. The number of hydrogen-bond acceptors (Lipinski definition) is 6. The van der Waals surface area contributed by atoms with Crippen LogP contribution in [0.2, 0.25) is 0 Å². The van der Waals surface area contributed by atoms with Crippen LogP contribution in [0.25, 0.3) is 0 Å². The average Bonchev–Trinajstić information content (AvgIpc) is 3.44. The molecule has 3 aliphatic rings. The van der Waals surface area contributed by atoms with Crippen molar-refractivity contribution in [3.63, 3.8) is 0 Å². The Bertz CT molecular complexity index is 698. The highest BCUT2D eigenvalue weighted by atomic mass is 16.6. The highest BCUT2D eigenvalue weighted by Gasteiger charge is 2.49. The van der Waals surface area contributed by atoms with E-state index in [1.54, 1.807) is 0 Å². The first-order chi connectivity index (χ1) is 16.7. The molecule has 0 spiro atoms. The summed E-state index contributed by atoms with van der Waals surface area (Å²) in [5, 5.41) is 5.44. The van der Waals surface area contributed by atoms with Gasteiger partial charge in [0.1, 0.15) is 6.10 Å². The summed E-state index contributed by atoms with van der Waals surface area (Å²) in [6.45, 7) is 2.92. The van der Waals surface area contributed by atoms with Crippen LogP contribution < -0.4 is 10.6 Å². The van der Waals surface area contributed by atoms with E-state index in [2.05, 4.69) is 34.6 Å². The van der Waals surface area contributed by atoms with Crippen molar-refractivity contribution >= 4 is 12.2 Å². The van der Waals surface area contributed by atoms with Gasteiger partial charge < -0.3 is 29.6 Å². The minimum Gasteiger partial charge on any atom is -0.449 e. The maximum Gasteiger partial charge on any atom is 0.407 e. The van der Waals surface area contributed by atoms with Gasteiger partial charge in [0.2, 0.25) is 0 Å². The summed E-state index contributed by atoms with van der Waals surface area (Å²) in [7, 11) is 0. The van der Waals surface area contributed by atoms with E-state index in [9.17, 15) is 9.59 Å². The zero-order valence-corrected chi connectivity index (χ0v) is 20.2. The number of amides is 2. The third-order valence-electron chi connectivity index (χ3n) is 6.64. The Morgan fingerprint density at radius 1 is 0.794 bits per heavy atom. The van der Waals surface area contributed by atoms with Gasteiger partial charge in [0.05, 0.1) is 33.0 Å². The largest absolute Gasteiger partial charge is 0.449 e. The first-order valence-electron chi connectivity index (χ1n) is 12.9. The van der Waals surface area contributed by atoms with Gasteiger partial charge in [-0.15, -0.1) is 11.8 Å². The van der Waals surface area contributed by atoms with Crippen molar-refractivity contribution in [2.45, 2.75) is 63.9 Å². The van der Waals surface area contributed by atoms with E-state index in [-0.39, 0.29) is 18.3 Å². The lowest BCUT2D eigenvalue weighted by molar-refractivity contribution is 0.0468. The number of hydrogen-bond donors (Lipinski definition) is 2. The van der Waals surface area contributed by atoms with E-state index in [1.807, 2.05) is 0 Å². The van der Waals surface area contributed by atoms with E-state index in [1.165, 1.54) is 0 Å². The molecule has 0 aromatic carbocycles. The molecule has 1 fully saturated rings. The van der Waals surface area contributed by atoms with Crippen molar-refractivity contribution in [3.8, 4) is 11.8 Å². The van der Waals surface area contributed by atoms with E-state index in [0.717, 1.165) is 57.8 Å². The van der Waals surface area contributed by atoms with Crippen molar-refractivity contribution in [1.29, 1.82) is 0 Å². The summed E-state index contributed by atoms with van der Waals surface area (Å²) in [5.74, 6) is 8.24. The highest BCUT2D eigenvalue weighted by molar-refractivity contribution is 5.67. The van der Waals surface area contributed by atoms with Gasteiger partial charge in [-0.25, -0.2) is 9.59 Å². The molecule has 2 N–H and O–H groups in total. The van der Waals surface area contributed by atoms with Crippen molar-refractivity contribution in [3.05, 3.63) is 12.2 Å². The summed E-state index contributed by atoms with van der Waals surface area (Å²) in [4.78, 5) is 23.7. The van der Waals surface area contributed by atoms with Crippen LogP contribution in [0.1, 0.15) is 57.8 Å². The normalized spacial score (nSPS) is 26.7. The Morgan fingerprint density at radius 3 is 2.15 bits per heavy atom. The summed E-state index contributed by atoms with van der Waals surface area (Å²) < 4.78 is 21.7. The maximum atomic E-state index is 11.9. The standard InChI is InChI=1S/C26H40N2O6/c29-25(33-20-24-22-12-8-4-5-9-13-23(22)24)27-14-16-31-18-19-32-17-15-28-26(30)34-21-10-6-2-1-3-7-11-21/h1-2,21-24H,3,6-20H2,(H,27,29)(H,28,30)/b2-1+/t21?,22-,23+,24?. The van der Waals surface area contributed by atoms with Crippen LogP contribution in [-0.2, 0) is 18.9 Å². The molecule has 2 amide bonds. The molecule has 8 nitrogen and oxygen atoms in total. The number of ether oxygens (including phenoxy) is 4. The number of nitrogens with one attached hydrogen (secondary N) is 2. The van der Waals surface area contributed by atoms with Gasteiger partial charge in [-0.05, 0) is 62.7 Å². The molecule has 3 rings (SSSR count). The van der Waals surface area contributed by atoms with Crippen LogP contribution in [0.3, 0.4) is 0 Å². The molecule has 0 aromatic rings. The lowest BCUT2D eigenvalue weighted by Gasteiger charge is -2.18. The van der Waals surface area contributed by atoms with Crippen LogP contribution in [0.5, 0.6) is 0 Å². The number of alkyl carbamates (subject to hydrolysis) is 2. The Hall–Kier alpha value is -2.24. The smallest absolute Gasteiger partial charge is 0.407 e. The lowest BCUT2D eigenvalue weighted by Crippen LogP contribution is -2.32. The summed E-state index contributed by atoms with van der Waals surface area (Å²) >= 11 is 0. The molecule has 0 radical (unpaired) electrons. The van der Waals surface area contributed by atoms with E-state index in [4.69, 9.17) is 18.9 Å². The van der Waals surface area contributed by atoms with Crippen LogP contribution in [0.4, 0.5) is 9.59 Å².